The minimum absolute atomic E-state index is 0.299. The van der Waals surface area contributed by atoms with Crippen LogP contribution in [-0.2, 0) is 0 Å². The highest BCUT2D eigenvalue weighted by atomic mass is 16.2. The Balaban J connectivity index is 1.56. The molecule has 2 aromatic rings. The standard InChI is InChI=1S/C17H18N4O/c1-12(9-13-5-3-2-4-6-13)11-18-21-17(22)16-10-15(19-20-16)14-7-8-14/h2-6,9-11,14H,7-8H2,1H3,(H,19,20)(H,21,22)/b12-9+,18-11-. The number of rotatable bonds is 5. The van der Waals surface area contributed by atoms with Gasteiger partial charge in [0.05, 0.1) is 6.21 Å². The van der Waals surface area contributed by atoms with Crippen LogP contribution in [0, 0.1) is 0 Å². The summed E-state index contributed by atoms with van der Waals surface area (Å²) in [5.41, 5.74) is 5.96. The summed E-state index contributed by atoms with van der Waals surface area (Å²) in [5.74, 6) is 0.250. The van der Waals surface area contributed by atoms with Crippen molar-refractivity contribution < 1.29 is 4.79 Å². The average Bonchev–Trinajstić information content (AvgIpc) is 3.25. The number of hydrogen-bond donors (Lipinski definition) is 2. The van der Waals surface area contributed by atoms with E-state index >= 15 is 0 Å². The Morgan fingerprint density at radius 3 is 2.86 bits per heavy atom. The lowest BCUT2D eigenvalue weighted by atomic mass is 10.1. The maximum absolute atomic E-state index is 11.9. The molecule has 5 nitrogen and oxygen atoms in total. The second kappa shape index (κ2) is 6.39. The summed E-state index contributed by atoms with van der Waals surface area (Å²) in [7, 11) is 0. The number of carbonyl (C=O) groups excluding carboxylic acids is 1. The van der Waals surface area contributed by atoms with Crippen LogP contribution >= 0.6 is 0 Å². The van der Waals surface area contributed by atoms with Crippen LogP contribution < -0.4 is 5.43 Å². The van der Waals surface area contributed by atoms with Gasteiger partial charge in [0.1, 0.15) is 0 Å². The number of nitrogens with one attached hydrogen (secondary N) is 2. The minimum Gasteiger partial charge on any atom is -0.281 e. The molecule has 1 aliphatic carbocycles. The number of hydrogen-bond acceptors (Lipinski definition) is 3. The number of aromatic amines is 1. The van der Waals surface area contributed by atoms with E-state index in [-0.39, 0.29) is 5.91 Å². The molecule has 0 saturated heterocycles. The number of amides is 1. The Kier molecular flexibility index (Phi) is 4.14. The molecule has 0 radical (unpaired) electrons. The predicted molar refractivity (Wildman–Crippen MR) is 86.6 cm³/mol. The molecule has 22 heavy (non-hydrogen) atoms. The van der Waals surface area contributed by atoms with E-state index in [1.165, 1.54) is 12.8 Å². The third-order valence-electron chi connectivity index (χ3n) is 3.48. The largest absolute Gasteiger partial charge is 0.291 e. The molecule has 0 unspecified atom stereocenters. The van der Waals surface area contributed by atoms with Crippen molar-refractivity contribution in [1.82, 2.24) is 15.6 Å². The van der Waals surface area contributed by atoms with Crippen LogP contribution in [0.25, 0.3) is 6.08 Å². The average molecular weight is 294 g/mol. The van der Waals surface area contributed by atoms with E-state index in [9.17, 15) is 4.79 Å². The van der Waals surface area contributed by atoms with E-state index in [2.05, 4.69) is 20.7 Å². The molecule has 1 amide bonds. The fourth-order valence-electron chi connectivity index (χ4n) is 2.16. The summed E-state index contributed by atoms with van der Waals surface area (Å²) in [6.45, 7) is 1.93. The Hall–Kier alpha value is -2.69. The van der Waals surface area contributed by atoms with Crippen LogP contribution in [0.5, 0.6) is 0 Å². The van der Waals surface area contributed by atoms with Crippen LogP contribution in [0.4, 0.5) is 0 Å². The first-order valence-corrected chi connectivity index (χ1v) is 7.34. The molecule has 1 fully saturated rings. The van der Waals surface area contributed by atoms with Crippen LogP contribution in [0.3, 0.4) is 0 Å². The van der Waals surface area contributed by atoms with E-state index in [4.69, 9.17) is 0 Å². The van der Waals surface area contributed by atoms with Crippen LogP contribution in [0.15, 0.2) is 47.1 Å². The molecule has 1 aromatic carbocycles. The number of aromatic nitrogens is 2. The quantitative estimate of drug-likeness (QED) is 0.657. The number of H-pyrrole nitrogens is 1. The number of benzene rings is 1. The number of nitrogens with zero attached hydrogens (tertiary/aromatic N) is 2. The zero-order valence-electron chi connectivity index (χ0n) is 12.4. The Morgan fingerprint density at radius 1 is 1.36 bits per heavy atom. The zero-order chi connectivity index (χ0) is 15.4. The van der Waals surface area contributed by atoms with Crippen LogP contribution in [0.1, 0.15) is 47.4 Å². The van der Waals surface area contributed by atoms with E-state index in [1.54, 1.807) is 12.3 Å². The second-order valence-electron chi connectivity index (χ2n) is 5.48. The SMILES string of the molecule is CC(/C=N\NC(=O)c1cc(C2CC2)[nH]n1)=C\c1ccccc1. The van der Waals surface area contributed by atoms with Gasteiger partial charge >= 0.3 is 0 Å². The van der Waals surface area contributed by atoms with Gasteiger partial charge in [-0.1, -0.05) is 36.4 Å². The first-order valence-electron chi connectivity index (χ1n) is 7.34. The fraction of sp³-hybridized carbons (Fsp3) is 0.235. The lowest BCUT2D eigenvalue weighted by Gasteiger charge is -1.96. The first-order chi connectivity index (χ1) is 10.7. The number of carbonyl (C=O) groups is 1. The second-order valence-corrected chi connectivity index (χ2v) is 5.48. The van der Waals surface area contributed by atoms with Gasteiger partial charge in [-0.05, 0) is 37.0 Å². The van der Waals surface area contributed by atoms with E-state index in [0.29, 0.717) is 11.6 Å². The van der Waals surface area contributed by atoms with E-state index < -0.39 is 0 Å². The molecule has 3 rings (SSSR count). The fourth-order valence-corrected chi connectivity index (χ4v) is 2.16. The summed E-state index contributed by atoms with van der Waals surface area (Å²) in [6, 6.07) is 11.8. The summed E-state index contributed by atoms with van der Waals surface area (Å²) < 4.78 is 0. The maximum Gasteiger partial charge on any atom is 0.291 e. The molecule has 1 saturated carbocycles. The van der Waals surface area contributed by atoms with Crippen molar-refractivity contribution in [2.45, 2.75) is 25.7 Å². The van der Waals surface area contributed by atoms with Crippen molar-refractivity contribution in [1.29, 1.82) is 0 Å². The van der Waals surface area contributed by atoms with Crippen LogP contribution in [-0.4, -0.2) is 22.3 Å². The van der Waals surface area contributed by atoms with Gasteiger partial charge in [0, 0.05) is 11.6 Å². The number of hydrazone groups is 1. The summed E-state index contributed by atoms with van der Waals surface area (Å²) in [6.07, 6.45) is 5.96. The number of allylic oxidation sites excluding steroid dienone is 1. The highest BCUT2D eigenvalue weighted by Crippen LogP contribution is 2.38. The normalized spacial score (nSPS) is 15.2. The molecule has 1 aliphatic rings. The highest BCUT2D eigenvalue weighted by molar-refractivity contribution is 5.93. The van der Waals surface area contributed by atoms with Gasteiger partial charge < -0.3 is 0 Å². The molecular weight excluding hydrogens is 276 g/mol. The molecule has 1 aromatic heterocycles. The molecule has 0 bridgehead atoms. The smallest absolute Gasteiger partial charge is 0.281 e. The highest BCUT2D eigenvalue weighted by Gasteiger charge is 2.26. The molecule has 1 heterocycles. The van der Waals surface area contributed by atoms with Gasteiger partial charge in [0.25, 0.3) is 5.91 Å². The Labute approximate surface area is 129 Å². The van der Waals surface area contributed by atoms with Crippen molar-refractivity contribution in [3.8, 4) is 0 Å². The zero-order valence-corrected chi connectivity index (χ0v) is 12.4. The molecule has 112 valence electrons. The van der Waals surface area contributed by atoms with Gasteiger partial charge in [0.2, 0.25) is 0 Å². The third-order valence-corrected chi connectivity index (χ3v) is 3.48. The van der Waals surface area contributed by atoms with E-state index in [1.807, 2.05) is 43.3 Å². The molecule has 2 N–H and O–H groups in total. The molecule has 5 heteroatoms. The topological polar surface area (TPSA) is 70.1 Å². The first kappa shape index (κ1) is 14.3. The maximum atomic E-state index is 11.9. The summed E-state index contributed by atoms with van der Waals surface area (Å²) in [4.78, 5) is 11.9. The lowest BCUT2D eigenvalue weighted by Crippen LogP contribution is -2.17. The van der Waals surface area contributed by atoms with Crippen molar-refractivity contribution in [3.63, 3.8) is 0 Å². The summed E-state index contributed by atoms with van der Waals surface area (Å²) >= 11 is 0. The van der Waals surface area contributed by atoms with E-state index in [0.717, 1.165) is 16.8 Å². The minimum atomic E-state index is -0.299. The molecule has 0 aliphatic heterocycles. The molecule has 0 atom stereocenters. The molecule has 0 spiro atoms. The van der Waals surface area contributed by atoms with Crippen LogP contribution in [0.2, 0.25) is 0 Å². The molecular formula is C17H18N4O. The van der Waals surface area contributed by atoms with Gasteiger partial charge in [-0.3, -0.25) is 9.89 Å². The third kappa shape index (κ3) is 3.69. The van der Waals surface area contributed by atoms with Crippen molar-refractivity contribution in [3.05, 3.63) is 58.9 Å². The van der Waals surface area contributed by atoms with Crippen molar-refractivity contribution in [2.24, 2.45) is 5.10 Å². The van der Waals surface area contributed by atoms with Gasteiger partial charge in [-0.25, -0.2) is 5.43 Å². The lowest BCUT2D eigenvalue weighted by molar-refractivity contribution is 0.0950. The predicted octanol–water partition coefficient (Wildman–Crippen LogP) is 3.11. The van der Waals surface area contributed by atoms with Gasteiger partial charge in [-0.2, -0.15) is 10.2 Å². The Morgan fingerprint density at radius 2 is 2.14 bits per heavy atom. The Bertz CT molecular complexity index is 711. The monoisotopic (exact) mass is 294 g/mol. The van der Waals surface area contributed by atoms with Crippen molar-refractivity contribution in [2.75, 3.05) is 0 Å². The van der Waals surface area contributed by atoms with Crippen molar-refractivity contribution >= 4 is 18.2 Å². The van der Waals surface area contributed by atoms with Gasteiger partial charge in [-0.15, -0.1) is 0 Å². The summed E-state index contributed by atoms with van der Waals surface area (Å²) in [5, 5.41) is 10.9. The van der Waals surface area contributed by atoms with Gasteiger partial charge in [0.15, 0.2) is 5.69 Å².